The summed E-state index contributed by atoms with van der Waals surface area (Å²) in [5.74, 6) is 0.0664. The Hall–Kier alpha value is -1.02. The zero-order valence-electron chi connectivity index (χ0n) is 11.8. The van der Waals surface area contributed by atoms with Crippen molar-refractivity contribution in [1.82, 2.24) is 8.96 Å². The number of aromatic nitrogens is 2. The van der Waals surface area contributed by atoms with E-state index < -0.39 is 27.7 Å². The van der Waals surface area contributed by atoms with E-state index in [4.69, 9.17) is 0 Å². The van der Waals surface area contributed by atoms with E-state index in [1.54, 1.807) is 0 Å². The molecule has 0 saturated heterocycles. The van der Waals surface area contributed by atoms with Crippen molar-refractivity contribution in [3.05, 3.63) is 12.5 Å². The van der Waals surface area contributed by atoms with Gasteiger partial charge in [0, 0.05) is 0 Å². The minimum atomic E-state index is -4.51. The Morgan fingerprint density at radius 1 is 1.48 bits per heavy atom. The molecule has 3 unspecified atom stereocenters. The second kappa shape index (κ2) is 4.74. The Kier molecular flexibility index (Phi) is 3.36. The third-order valence-electron chi connectivity index (χ3n) is 4.20. The first kappa shape index (κ1) is 14.9. The number of alkyl halides is 3. The molecule has 3 atom stereocenters. The minimum Gasteiger partial charge on any atom is -0.382 e. The van der Waals surface area contributed by atoms with Crippen LogP contribution < -0.4 is 0 Å². The van der Waals surface area contributed by atoms with Gasteiger partial charge in [-0.15, -0.1) is 0 Å². The lowest BCUT2D eigenvalue weighted by atomic mass is 9.91. The van der Waals surface area contributed by atoms with Crippen molar-refractivity contribution in [2.45, 2.75) is 44.7 Å². The number of aliphatic imine (C=N–C) groups is 1. The van der Waals surface area contributed by atoms with E-state index in [0.717, 1.165) is 19.3 Å². The van der Waals surface area contributed by atoms with Gasteiger partial charge in [0.05, 0.1) is 6.20 Å². The number of aliphatic hydroxyl groups is 1. The predicted molar refractivity (Wildman–Crippen MR) is 76.9 cm³/mol. The smallest absolute Gasteiger partial charge is 0.382 e. The van der Waals surface area contributed by atoms with E-state index in [-0.39, 0.29) is 17.2 Å². The summed E-state index contributed by atoms with van der Waals surface area (Å²) in [6.45, 7) is 4.17. The van der Waals surface area contributed by atoms with Crippen molar-refractivity contribution in [2.24, 2.45) is 16.3 Å². The van der Waals surface area contributed by atoms with Crippen LogP contribution in [-0.2, 0) is 0 Å². The first-order chi connectivity index (χ1) is 9.69. The molecule has 4 nitrogen and oxygen atoms in total. The van der Waals surface area contributed by atoms with Gasteiger partial charge in [-0.3, -0.25) is 3.97 Å². The van der Waals surface area contributed by atoms with E-state index >= 15 is 0 Å². The Balaban J connectivity index is 1.91. The fourth-order valence-corrected chi connectivity index (χ4v) is 5.50. The van der Waals surface area contributed by atoms with Crippen LogP contribution in [0.1, 0.15) is 33.1 Å². The highest BCUT2D eigenvalue weighted by Crippen LogP contribution is 2.54. The highest BCUT2D eigenvalue weighted by Gasteiger charge is 2.48. The number of halogens is 3. The van der Waals surface area contributed by atoms with E-state index in [0.29, 0.717) is 0 Å². The molecule has 0 bridgehead atoms. The summed E-state index contributed by atoms with van der Waals surface area (Å²) >= 11 is -1.95. The van der Waals surface area contributed by atoms with Crippen LogP contribution in [0.2, 0.25) is 0 Å². The predicted octanol–water partition coefficient (Wildman–Crippen LogP) is 3.40. The van der Waals surface area contributed by atoms with Gasteiger partial charge in [0.15, 0.2) is 10.9 Å². The SMILES string of the molecule is CC1(C)CCC(C(O)[SH]2C(C(F)(F)F)=Nc3cncn32)C1. The molecule has 0 amide bonds. The summed E-state index contributed by atoms with van der Waals surface area (Å²) in [5.41, 5.74) is -0.953. The van der Waals surface area contributed by atoms with Crippen LogP contribution in [-0.4, -0.2) is 30.7 Å². The van der Waals surface area contributed by atoms with Crippen LogP contribution in [0.25, 0.3) is 0 Å². The third kappa shape index (κ3) is 2.59. The zero-order valence-corrected chi connectivity index (χ0v) is 12.7. The molecule has 3 rings (SSSR count). The Morgan fingerprint density at radius 3 is 2.76 bits per heavy atom. The van der Waals surface area contributed by atoms with Crippen LogP contribution in [0.15, 0.2) is 17.5 Å². The first-order valence-electron chi connectivity index (χ1n) is 6.85. The molecule has 21 heavy (non-hydrogen) atoms. The maximum absolute atomic E-state index is 13.2. The second-order valence-corrected chi connectivity index (χ2v) is 8.53. The van der Waals surface area contributed by atoms with Crippen LogP contribution >= 0.6 is 11.1 Å². The number of nitrogens with zero attached hydrogens (tertiary/aromatic N) is 3. The number of fused-ring (bicyclic) bond motifs is 1. The standard InChI is InChI=1S/C13H18F3N3OS/c1-12(2)4-3-8(5-12)10(20)21-11(13(14,15)16)18-9-6-17-7-19(9)21/h6-8,10,20-21H,3-5H2,1-2H3. The molecule has 1 fully saturated rings. The van der Waals surface area contributed by atoms with E-state index in [1.807, 2.05) is 0 Å². The van der Waals surface area contributed by atoms with Crippen molar-refractivity contribution in [3.63, 3.8) is 0 Å². The van der Waals surface area contributed by atoms with E-state index in [1.165, 1.54) is 16.5 Å². The monoisotopic (exact) mass is 321 g/mol. The Labute approximate surface area is 123 Å². The summed E-state index contributed by atoms with van der Waals surface area (Å²) in [4.78, 5) is 7.50. The molecule has 0 radical (unpaired) electrons. The van der Waals surface area contributed by atoms with Gasteiger partial charge in [-0.2, -0.15) is 13.2 Å². The average molecular weight is 321 g/mol. The van der Waals surface area contributed by atoms with Crippen molar-refractivity contribution in [1.29, 1.82) is 0 Å². The fourth-order valence-electron chi connectivity index (χ4n) is 3.18. The molecule has 1 aliphatic heterocycles. The molecule has 2 aliphatic rings. The van der Waals surface area contributed by atoms with Crippen LogP contribution in [0, 0.1) is 11.3 Å². The molecule has 1 N–H and O–H groups in total. The number of hydrogen-bond acceptors (Lipinski definition) is 3. The van der Waals surface area contributed by atoms with Gasteiger partial charge in [0.1, 0.15) is 11.8 Å². The lowest BCUT2D eigenvalue weighted by molar-refractivity contribution is -0.0556. The molecule has 1 aliphatic carbocycles. The molecule has 1 aromatic heterocycles. The molecule has 1 saturated carbocycles. The number of thiol groups is 1. The molecule has 2 heterocycles. The summed E-state index contributed by atoms with van der Waals surface area (Å²) in [6, 6.07) is 0. The van der Waals surface area contributed by atoms with Gasteiger partial charge in [-0.05, 0) is 30.6 Å². The fraction of sp³-hybridized carbons (Fsp3) is 0.692. The van der Waals surface area contributed by atoms with Gasteiger partial charge in [-0.25, -0.2) is 9.98 Å². The van der Waals surface area contributed by atoms with Gasteiger partial charge in [0.25, 0.3) is 0 Å². The second-order valence-electron chi connectivity index (χ2n) is 6.45. The van der Waals surface area contributed by atoms with Crippen molar-refractivity contribution >= 4 is 21.9 Å². The van der Waals surface area contributed by atoms with Crippen molar-refractivity contribution in [2.75, 3.05) is 0 Å². The Bertz CT molecular complexity index is 581. The quantitative estimate of drug-likeness (QED) is 0.820. The van der Waals surface area contributed by atoms with Gasteiger partial charge in [-0.1, -0.05) is 24.9 Å². The van der Waals surface area contributed by atoms with Crippen molar-refractivity contribution < 1.29 is 18.3 Å². The van der Waals surface area contributed by atoms with Gasteiger partial charge >= 0.3 is 6.18 Å². The number of aliphatic hydroxyl groups excluding tert-OH is 1. The molecule has 0 aromatic carbocycles. The molecule has 0 spiro atoms. The number of imidazole rings is 1. The van der Waals surface area contributed by atoms with Crippen LogP contribution in [0.5, 0.6) is 0 Å². The Morgan fingerprint density at radius 2 is 2.19 bits per heavy atom. The molecule has 118 valence electrons. The highest BCUT2D eigenvalue weighted by atomic mass is 32.2. The van der Waals surface area contributed by atoms with Crippen LogP contribution in [0.4, 0.5) is 19.0 Å². The topological polar surface area (TPSA) is 50.4 Å². The largest absolute Gasteiger partial charge is 0.439 e. The lowest BCUT2D eigenvalue weighted by Gasteiger charge is -2.31. The lowest BCUT2D eigenvalue weighted by Crippen LogP contribution is -2.31. The summed E-state index contributed by atoms with van der Waals surface area (Å²) in [5, 5.41) is 9.72. The van der Waals surface area contributed by atoms with E-state index in [2.05, 4.69) is 23.8 Å². The molecular formula is C13H18F3N3OS. The number of hydrogen-bond donors (Lipinski definition) is 2. The normalized spacial score (nSPS) is 31.0. The highest BCUT2D eigenvalue weighted by molar-refractivity contribution is 8.29. The minimum absolute atomic E-state index is 0.0774. The van der Waals surface area contributed by atoms with Gasteiger partial charge in [0.2, 0.25) is 0 Å². The molecule has 1 aromatic rings. The third-order valence-corrected chi connectivity index (χ3v) is 6.69. The number of rotatable bonds is 2. The molecule has 8 heteroatoms. The van der Waals surface area contributed by atoms with Gasteiger partial charge < -0.3 is 5.11 Å². The van der Waals surface area contributed by atoms with Crippen LogP contribution in [0.3, 0.4) is 0 Å². The average Bonchev–Trinajstić information content (AvgIpc) is 2.99. The molecular weight excluding hydrogens is 303 g/mol. The van der Waals surface area contributed by atoms with E-state index in [9.17, 15) is 18.3 Å². The summed E-state index contributed by atoms with van der Waals surface area (Å²) in [7, 11) is 0. The summed E-state index contributed by atoms with van der Waals surface area (Å²) < 4.78 is 41.0. The zero-order chi connectivity index (χ0) is 15.4. The summed E-state index contributed by atoms with van der Waals surface area (Å²) in [6.07, 6.45) is 0.545. The first-order valence-corrected chi connectivity index (χ1v) is 8.21. The maximum atomic E-state index is 13.2. The van der Waals surface area contributed by atoms with Crippen molar-refractivity contribution in [3.8, 4) is 0 Å². The maximum Gasteiger partial charge on any atom is 0.439 e.